The SMILES string of the molecule is CCCCCCCCCC(=O)CCCCCCCCC(C)=O. The van der Waals surface area contributed by atoms with Gasteiger partial charge in [-0.3, -0.25) is 4.79 Å². The van der Waals surface area contributed by atoms with Crippen molar-refractivity contribution in [2.75, 3.05) is 0 Å². The summed E-state index contributed by atoms with van der Waals surface area (Å²) in [5.41, 5.74) is 0. The molecule has 0 saturated heterocycles. The Morgan fingerprint density at radius 3 is 1.32 bits per heavy atom. The molecule has 0 bridgehead atoms. The number of hydrogen-bond donors (Lipinski definition) is 0. The summed E-state index contributed by atoms with van der Waals surface area (Å²) in [6.45, 7) is 3.90. The first kappa shape index (κ1) is 21.3. The summed E-state index contributed by atoms with van der Waals surface area (Å²) in [6.07, 6.45) is 18.1. The zero-order chi connectivity index (χ0) is 16.5. The zero-order valence-electron chi connectivity index (χ0n) is 15.1. The molecule has 130 valence electrons. The number of hydrogen-bond acceptors (Lipinski definition) is 2. The third-order valence-corrected chi connectivity index (χ3v) is 4.29. The molecule has 0 aromatic heterocycles. The summed E-state index contributed by atoms with van der Waals surface area (Å²) in [4.78, 5) is 22.5. The van der Waals surface area contributed by atoms with Crippen LogP contribution in [0.25, 0.3) is 0 Å². The van der Waals surface area contributed by atoms with Crippen molar-refractivity contribution in [1.29, 1.82) is 0 Å². The predicted octanol–water partition coefficient (Wildman–Crippen LogP) is 6.41. The Kier molecular flexibility index (Phi) is 16.2. The van der Waals surface area contributed by atoms with Crippen molar-refractivity contribution in [3.63, 3.8) is 0 Å². The molecule has 0 aromatic rings. The van der Waals surface area contributed by atoms with Crippen LogP contribution in [-0.4, -0.2) is 11.6 Å². The average Bonchev–Trinajstić information content (AvgIpc) is 2.48. The van der Waals surface area contributed by atoms with Crippen molar-refractivity contribution in [3.05, 3.63) is 0 Å². The van der Waals surface area contributed by atoms with Crippen LogP contribution in [0.4, 0.5) is 0 Å². The molecule has 0 rings (SSSR count). The van der Waals surface area contributed by atoms with Gasteiger partial charge in [0.2, 0.25) is 0 Å². The lowest BCUT2D eigenvalue weighted by molar-refractivity contribution is -0.119. The van der Waals surface area contributed by atoms with E-state index in [1.165, 1.54) is 57.8 Å². The Morgan fingerprint density at radius 2 is 0.909 bits per heavy atom. The quantitative estimate of drug-likeness (QED) is 0.291. The molecule has 0 aliphatic heterocycles. The van der Waals surface area contributed by atoms with Gasteiger partial charge in [-0.2, -0.15) is 0 Å². The molecule has 0 spiro atoms. The molecule has 2 nitrogen and oxygen atoms in total. The van der Waals surface area contributed by atoms with E-state index >= 15 is 0 Å². The second-order valence-electron chi connectivity index (χ2n) is 6.73. The highest BCUT2D eigenvalue weighted by atomic mass is 16.1. The first-order valence-corrected chi connectivity index (χ1v) is 9.68. The van der Waals surface area contributed by atoms with Crippen molar-refractivity contribution in [2.45, 2.75) is 117 Å². The third-order valence-electron chi connectivity index (χ3n) is 4.29. The maximum Gasteiger partial charge on any atom is 0.132 e. The van der Waals surface area contributed by atoms with Crippen molar-refractivity contribution in [1.82, 2.24) is 0 Å². The Hall–Kier alpha value is -0.660. The van der Waals surface area contributed by atoms with E-state index in [1.807, 2.05) is 0 Å². The van der Waals surface area contributed by atoms with Gasteiger partial charge in [0.25, 0.3) is 0 Å². The minimum absolute atomic E-state index is 0.302. The van der Waals surface area contributed by atoms with Crippen LogP contribution in [0.3, 0.4) is 0 Å². The first-order valence-electron chi connectivity index (χ1n) is 9.68. The number of unbranched alkanes of at least 4 members (excludes halogenated alkanes) is 11. The normalized spacial score (nSPS) is 10.8. The molecule has 0 aliphatic carbocycles. The second kappa shape index (κ2) is 16.7. The maximum absolute atomic E-state index is 11.8. The van der Waals surface area contributed by atoms with E-state index in [0.29, 0.717) is 11.6 Å². The Balaban J connectivity index is 3.17. The number of rotatable bonds is 17. The minimum atomic E-state index is 0.302. The van der Waals surface area contributed by atoms with E-state index in [0.717, 1.165) is 44.9 Å². The largest absolute Gasteiger partial charge is 0.300 e. The van der Waals surface area contributed by atoms with E-state index in [-0.39, 0.29) is 0 Å². The van der Waals surface area contributed by atoms with Crippen LogP contribution in [0.5, 0.6) is 0 Å². The number of carbonyl (C=O) groups excluding carboxylic acids is 2. The van der Waals surface area contributed by atoms with Crippen LogP contribution >= 0.6 is 0 Å². The standard InChI is InChI=1S/C20H38O2/c1-3-4-5-6-7-11-14-17-20(22)18-15-12-9-8-10-13-16-19(2)21/h3-18H2,1-2H3. The summed E-state index contributed by atoms with van der Waals surface area (Å²) >= 11 is 0. The van der Waals surface area contributed by atoms with Crippen LogP contribution in [0, 0.1) is 0 Å². The molecular formula is C20H38O2. The lowest BCUT2D eigenvalue weighted by atomic mass is 10.0. The fourth-order valence-corrected chi connectivity index (χ4v) is 2.81. The topological polar surface area (TPSA) is 34.1 Å². The van der Waals surface area contributed by atoms with E-state index in [9.17, 15) is 9.59 Å². The molecule has 0 radical (unpaired) electrons. The molecular weight excluding hydrogens is 272 g/mol. The molecule has 22 heavy (non-hydrogen) atoms. The molecule has 0 fully saturated rings. The van der Waals surface area contributed by atoms with Crippen LogP contribution in [0.2, 0.25) is 0 Å². The smallest absolute Gasteiger partial charge is 0.132 e. The van der Waals surface area contributed by atoms with Crippen molar-refractivity contribution in [2.24, 2.45) is 0 Å². The summed E-state index contributed by atoms with van der Waals surface area (Å²) in [5, 5.41) is 0. The highest BCUT2D eigenvalue weighted by Gasteiger charge is 2.02. The molecule has 0 aromatic carbocycles. The molecule has 0 aliphatic rings. The van der Waals surface area contributed by atoms with Crippen LogP contribution in [0.15, 0.2) is 0 Å². The van der Waals surface area contributed by atoms with Crippen molar-refractivity contribution < 1.29 is 9.59 Å². The van der Waals surface area contributed by atoms with Gasteiger partial charge >= 0.3 is 0 Å². The second-order valence-corrected chi connectivity index (χ2v) is 6.73. The van der Waals surface area contributed by atoms with Gasteiger partial charge in [-0.1, -0.05) is 71.1 Å². The van der Waals surface area contributed by atoms with Crippen molar-refractivity contribution >= 4 is 11.6 Å². The lowest BCUT2D eigenvalue weighted by Gasteiger charge is -2.03. The summed E-state index contributed by atoms with van der Waals surface area (Å²) < 4.78 is 0. The first-order chi connectivity index (χ1) is 10.7. The Bertz CT molecular complexity index is 271. The summed E-state index contributed by atoms with van der Waals surface area (Å²) in [5.74, 6) is 0.765. The van der Waals surface area contributed by atoms with E-state index in [1.54, 1.807) is 6.92 Å². The molecule has 0 heterocycles. The van der Waals surface area contributed by atoms with Crippen molar-refractivity contribution in [3.8, 4) is 0 Å². The van der Waals surface area contributed by atoms with Gasteiger partial charge in [-0.25, -0.2) is 0 Å². The van der Waals surface area contributed by atoms with E-state index in [2.05, 4.69) is 6.92 Å². The van der Waals surface area contributed by atoms with Crippen LogP contribution < -0.4 is 0 Å². The molecule has 0 amide bonds. The lowest BCUT2D eigenvalue weighted by Crippen LogP contribution is -1.97. The van der Waals surface area contributed by atoms with Gasteiger partial charge in [-0.15, -0.1) is 0 Å². The van der Waals surface area contributed by atoms with Gasteiger partial charge in [0.15, 0.2) is 0 Å². The Labute approximate surface area is 138 Å². The summed E-state index contributed by atoms with van der Waals surface area (Å²) in [6, 6.07) is 0. The molecule has 2 heteroatoms. The maximum atomic E-state index is 11.8. The highest BCUT2D eigenvalue weighted by molar-refractivity contribution is 5.78. The highest BCUT2D eigenvalue weighted by Crippen LogP contribution is 2.12. The van der Waals surface area contributed by atoms with Gasteiger partial charge < -0.3 is 4.79 Å². The average molecular weight is 311 g/mol. The number of carbonyl (C=O) groups is 2. The minimum Gasteiger partial charge on any atom is -0.300 e. The molecule has 0 N–H and O–H groups in total. The molecule has 0 unspecified atom stereocenters. The summed E-state index contributed by atoms with van der Waals surface area (Å²) in [7, 11) is 0. The fraction of sp³-hybridized carbons (Fsp3) is 0.900. The van der Waals surface area contributed by atoms with Gasteiger partial charge in [0, 0.05) is 19.3 Å². The zero-order valence-corrected chi connectivity index (χ0v) is 15.1. The van der Waals surface area contributed by atoms with Crippen LogP contribution in [-0.2, 0) is 9.59 Å². The number of ketones is 2. The monoisotopic (exact) mass is 310 g/mol. The third kappa shape index (κ3) is 17.4. The fourth-order valence-electron chi connectivity index (χ4n) is 2.81. The van der Waals surface area contributed by atoms with E-state index < -0.39 is 0 Å². The van der Waals surface area contributed by atoms with Gasteiger partial charge in [0.05, 0.1) is 0 Å². The molecule has 0 saturated carbocycles. The Morgan fingerprint density at radius 1 is 0.545 bits per heavy atom. The van der Waals surface area contributed by atoms with Crippen LogP contribution in [0.1, 0.15) is 117 Å². The van der Waals surface area contributed by atoms with Gasteiger partial charge in [-0.05, 0) is 26.2 Å². The van der Waals surface area contributed by atoms with E-state index in [4.69, 9.17) is 0 Å². The predicted molar refractivity (Wildman–Crippen MR) is 95.2 cm³/mol. The molecule has 0 atom stereocenters. The number of Topliss-reactive ketones (excluding diaryl/α,β-unsaturated/α-hetero) is 2. The van der Waals surface area contributed by atoms with Gasteiger partial charge in [0.1, 0.15) is 11.6 Å².